The molecule has 0 saturated heterocycles. The lowest BCUT2D eigenvalue weighted by Crippen LogP contribution is -2.24. The summed E-state index contributed by atoms with van der Waals surface area (Å²) in [6, 6.07) is 0.477. The minimum atomic E-state index is 0.477. The van der Waals surface area contributed by atoms with E-state index in [-0.39, 0.29) is 0 Å². The smallest absolute Gasteiger partial charge is 0.123 e. The molecule has 0 spiro atoms. The molecule has 5 heteroatoms. The zero-order chi connectivity index (χ0) is 11.4. The molecule has 0 aliphatic carbocycles. The molecule has 0 radical (unpaired) electrons. The molecule has 0 saturated carbocycles. The average Bonchev–Trinajstić information content (AvgIpc) is 2.87. The Kier molecular flexibility index (Phi) is 3.69. The molecule has 0 amide bonds. The van der Waals surface area contributed by atoms with Crippen molar-refractivity contribution >= 4 is 11.3 Å². The first-order chi connectivity index (χ1) is 7.75. The molecule has 4 nitrogen and oxygen atoms in total. The van der Waals surface area contributed by atoms with E-state index in [1.54, 1.807) is 11.3 Å². The topological polar surface area (TPSA) is 42.7 Å². The van der Waals surface area contributed by atoms with Crippen LogP contribution in [0.1, 0.15) is 24.7 Å². The lowest BCUT2D eigenvalue weighted by atomic mass is 10.4. The Morgan fingerprint density at radius 2 is 2.25 bits per heavy atom. The Labute approximate surface area is 99.4 Å². The number of nitrogens with one attached hydrogen (secondary N) is 1. The summed E-state index contributed by atoms with van der Waals surface area (Å²) in [5.74, 6) is 1.06. The predicted molar refractivity (Wildman–Crippen MR) is 65.4 cm³/mol. The summed E-state index contributed by atoms with van der Waals surface area (Å²) in [6.45, 7) is 5.88. The van der Waals surface area contributed by atoms with E-state index < -0.39 is 0 Å². The van der Waals surface area contributed by atoms with Crippen LogP contribution in [0, 0.1) is 0 Å². The normalized spacial score (nSPS) is 11.2. The fourth-order valence-corrected chi connectivity index (χ4v) is 2.04. The number of hydrogen-bond donors (Lipinski definition) is 1. The van der Waals surface area contributed by atoms with Gasteiger partial charge >= 0.3 is 0 Å². The first-order valence-corrected chi connectivity index (χ1v) is 6.25. The van der Waals surface area contributed by atoms with Gasteiger partial charge in [0.25, 0.3) is 0 Å². The molecular weight excluding hydrogens is 220 g/mol. The van der Waals surface area contributed by atoms with Gasteiger partial charge in [-0.05, 0) is 0 Å². The lowest BCUT2D eigenvalue weighted by Gasteiger charge is -2.09. The van der Waals surface area contributed by atoms with Crippen LogP contribution in [0.4, 0.5) is 0 Å². The predicted octanol–water partition coefficient (Wildman–Crippen LogP) is 1.89. The zero-order valence-corrected chi connectivity index (χ0v) is 10.4. The quantitative estimate of drug-likeness (QED) is 0.862. The van der Waals surface area contributed by atoms with Gasteiger partial charge in [-0.3, -0.25) is 0 Å². The number of hydrogen-bond acceptors (Lipinski definition) is 4. The molecule has 0 fully saturated rings. The highest BCUT2D eigenvalue weighted by atomic mass is 32.1. The van der Waals surface area contributed by atoms with Crippen molar-refractivity contribution in [2.45, 2.75) is 33.0 Å². The van der Waals surface area contributed by atoms with Crippen molar-refractivity contribution in [1.29, 1.82) is 0 Å². The van der Waals surface area contributed by atoms with E-state index in [0.29, 0.717) is 6.04 Å². The summed E-state index contributed by atoms with van der Waals surface area (Å²) < 4.78 is 2.13. The molecule has 16 heavy (non-hydrogen) atoms. The summed E-state index contributed by atoms with van der Waals surface area (Å²) in [5.41, 5.74) is 0. The maximum atomic E-state index is 4.35. The Morgan fingerprint density at radius 1 is 1.38 bits per heavy atom. The minimum absolute atomic E-state index is 0.477. The SMILES string of the molecule is CC(C)NCc1nccn1Cc1nccs1. The fourth-order valence-electron chi connectivity index (χ4n) is 1.42. The summed E-state index contributed by atoms with van der Waals surface area (Å²) in [6.07, 6.45) is 5.67. The number of nitrogens with zero attached hydrogens (tertiary/aromatic N) is 3. The van der Waals surface area contributed by atoms with Gasteiger partial charge in [0.1, 0.15) is 10.8 Å². The van der Waals surface area contributed by atoms with Gasteiger partial charge in [0.2, 0.25) is 0 Å². The molecule has 0 bridgehead atoms. The largest absolute Gasteiger partial charge is 0.327 e. The molecule has 0 aromatic carbocycles. The van der Waals surface area contributed by atoms with Crippen molar-refractivity contribution < 1.29 is 0 Å². The second-order valence-corrected chi connectivity index (χ2v) is 4.91. The standard InChI is InChI=1S/C11H16N4S/c1-9(2)14-7-10-12-3-5-15(10)8-11-13-4-6-16-11/h3-6,9,14H,7-8H2,1-2H3. The molecule has 0 aliphatic rings. The minimum Gasteiger partial charge on any atom is -0.327 e. The van der Waals surface area contributed by atoms with Crippen LogP contribution < -0.4 is 5.32 Å². The maximum absolute atomic E-state index is 4.35. The molecular formula is C11H16N4S. The van der Waals surface area contributed by atoms with Crippen molar-refractivity contribution in [2.24, 2.45) is 0 Å². The molecule has 86 valence electrons. The average molecular weight is 236 g/mol. The highest BCUT2D eigenvalue weighted by Gasteiger charge is 2.05. The van der Waals surface area contributed by atoms with Gasteiger partial charge < -0.3 is 9.88 Å². The van der Waals surface area contributed by atoms with Crippen molar-refractivity contribution in [2.75, 3.05) is 0 Å². The van der Waals surface area contributed by atoms with Crippen LogP contribution in [-0.4, -0.2) is 20.6 Å². The van der Waals surface area contributed by atoms with Crippen molar-refractivity contribution in [1.82, 2.24) is 19.9 Å². The molecule has 0 aliphatic heterocycles. The van der Waals surface area contributed by atoms with E-state index in [1.807, 2.05) is 24.0 Å². The van der Waals surface area contributed by atoms with Gasteiger partial charge in [0, 0.05) is 30.0 Å². The van der Waals surface area contributed by atoms with E-state index in [4.69, 9.17) is 0 Å². The van der Waals surface area contributed by atoms with Crippen LogP contribution in [0.3, 0.4) is 0 Å². The van der Waals surface area contributed by atoms with Crippen molar-refractivity contribution in [3.63, 3.8) is 0 Å². The third-order valence-electron chi connectivity index (χ3n) is 2.26. The Bertz CT molecular complexity index is 419. The molecule has 2 aromatic rings. The first-order valence-electron chi connectivity index (χ1n) is 5.37. The van der Waals surface area contributed by atoms with Gasteiger partial charge in [-0.25, -0.2) is 9.97 Å². The van der Waals surface area contributed by atoms with E-state index in [2.05, 4.69) is 33.7 Å². The van der Waals surface area contributed by atoms with Crippen LogP contribution in [-0.2, 0) is 13.1 Å². The van der Waals surface area contributed by atoms with Crippen LogP contribution in [0.5, 0.6) is 0 Å². The lowest BCUT2D eigenvalue weighted by molar-refractivity contribution is 0.554. The third kappa shape index (κ3) is 2.90. The van der Waals surface area contributed by atoms with Gasteiger partial charge in [-0.15, -0.1) is 11.3 Å². The van der Waals surface area contributed by atoms with Crippen LogP contribution >= 0.6 is 11.3 Å². The molecule has 0 unspecified atom stereocenters. The summed E-state index contributed by atoms with van der Waals surface area (Å²) in [7, 11) is 0. The summed E-state index contributed by atoms with van der Waals surface area (Å²) in [5, 5.41) is 6.48. The monoisotopic (exact) mass is 236 g/mol. The zero-order valence-electron chi connectivity index (χ0n) is 9.55. The highest BCUT2D eigenvalue weighted by Crippen LogP contribution is 2.08. The Balaban J connectivity index is 2.01. The van der Waals surface area contributed by atoms with Gasteiger partial charge in [0.05, 0.1) is 13.1 Å². The Hall–Kier alpha value is -1.20. The molecule has 0 atom stereocenters. The number of rotatable bonds is 5. The van der Waals surface area contributed by atoms with E-state index >= 15 is 0 Å². The van der Waals surface area contributed by atoms with Crippen molar-refractivity contribution in [3.8, 4) is 0 Å². The second-order valence-electron chi connectivity index (χ2n) is 3.93. The van der Waals surface area contributed by atoms with Crippen LogP contribution in [0.25, 0.3) is 0 Å². The van der Waals surface area contributed by atoms with Crippen LogP contribution in [0.2, 0.25) is 0 Å². The maximum Gasteiger partial charge on any atom is 0.123 e. The van der Waals surface area contributed by atoms with Crippen LogP contribution in [0.15, 0.2) is 24.0 Å². The summed E-state index contributed by atoms with van der Waals surface area (Å²) in [4.78, 5) is 8.62. The molecule has 1 N–H and O–H groups in total. The molecule has 2 heterocycles. The van der Waals surface area contributed by atoms with Gasteiger partial charge in [-0.1, -0.05) is 13.8 Å². The molecule has 2 rings (SSSR count). The number of aromatic nitrogens is 3. The number of thiazole rings is 1. The van der Waals surface area contributed by atoms with E-state index in [0.717, 1.165) is 23.9 Å². The number of imidazole rings is 1. The third-order valence-corrected chi connectivity index (χ3v) is 3.02. The van der Waals surface area contributed by atoms with E-state index in [1.165, 1.54) is 0 Å². The second kappa shape index (κ2) is 5.23. The molecule has 2 aromatic heterocycles. The first kappa shape index (κ1) is 11.3. The fraction of sp³-hybridized carbons (Fsp3) is 0.455. The van der Waals surface area contributed by atoms with Gasteiger partial charge in [-0.2, -0.15) is 0 Å². The summed E-state index contributed by atoms with van der Waals surface area (Å²) >= 11 is 1.67. The van der Waals surface area contributed by atoms with Gasteiger partial charge in [0.15, 0.2) is 0 Å². The Morgan fingerprint density at radius 3 is 2.94 bits per heavy atom. The highest BCUT2D eigenvalue weighted by molar-refractivity contribution is 7.09. The van der Waals surface area contributed by atoms with Crippen molar-refractivity contribution in [3.05, 3.63) is 34.8 Å². The van der Waals surface area contributed by atoms with E-state index in [9.17, 15) is 0 Å².